The molecule has 0 amide bonds. The third-order valence-electron chi connectivity index (χ3n) is 6.01. The van der Waals surface area contributed by atoms with Gasteiger partial charge in [-0.25, -0.2) is 9.97 Å². The SMILES string of the molecule is CN=C(NC#N)NCCSCc1nc[nH]c1C.COc1ccc2nc(S(=O)Cc3ncc(C)c(OC)c3C)[nH]c2c1.Cl.[H-].[H-].[Mg+2]. The number of thioether (sulfide) groups is 1. The normalized spacial score (nSPS) is 11.2. The van der Waals surface area contributed by atoms with Crippen LogP contribution in [0.25, 0.3) is 11.0 Å². The summed E-state index contributed by atoms with van der Waals surface area (Å²) in [6.45, 7) is 6.64. The van der Waals surface area contributed by atoms with Crippen LogP contribution in [-0.2, 0) is 22.3 Å². The Balaban J connectivity index is 0. The molecule has 0 radical (unpaired) electrons. The largest absolute Gasteiger partial charge is 2.00 e. The maximum absolute atomic E-state index is 12.7. The topological polar surface area (TPSA) is 166 Å². The summed E-state index contributed by atoms with van der Waals surface area (Å²) >= 11 is 1.79. The van der Waals surface area contributed by atoms with Gasteiger partial charge in [-0.15, -0.1) is 12.4 Å². The molecule has 0 spiro atoms. The molecule has 0 saturated heterocycles. The van der Waals surface area contributed by atoms with Crippen LogP contribution in [0, 0.1) is 32.2 Å². The van der Waals surface area contributed by atoms with Crippen LogP contribution in [0.2, 0.25) is 0 Å². The minimum Gasteiger partial charge on any atom is -1.00 e. The number of nitrogens with zero attached hydrogens (tertiary/aromatic N) is 5. The van der Waals surface area contributed by atoms with Gasteiger partial charge in [-0.1, -0.05) is 0 Å². The number of imidazole rings is 2. The molecule has 0 saturated carbocycles. The fourth-order valence-electron chi connectivity index (χ4n) is 3.78. The monoisotopic (exact) mass is 659 g/mol. The molecule has 1 aromatic carbocycles. The summed E-state index contributed by atoms with van der Waals surface area (Å²) in [5.74, 6) is 4.11. The van der Waals surface area contributed by atoms with E-state index in [-0.39, 0.29) is 44.1 Å². The van der Waals surface area contributed by atoms with E-state index >= 15 is 0 Å². The summed E-state index contributed by atoms with van der Waals surface area (Å²) in [6.07, 6.45) is 5.27. The maximum atomic E-state index is 12.7. The second-order valence-corrected chi connectivity index (χ2v) is 11.2. The molecular weight excluding hydrogens is 622 g/mol. The molecule has 4 rings (SSSR count). The smallest absolute Gasteiger partial charge is 1.00 e. The Hall–Kier alpha value is -3.03. The number of ether oxygens (including phenoxy) is 2. The van der Waals surface area contributed by atoms with E-state index < -0.39 is 10.8 Å². The van der Waals surface area contributed by atoms with Crippen LogP contribution in [0.4, 0.5) is 0 Å². The number of aromatic amines is 2. The van der Waals surface area contributed by atoms with Crippen molar-refractivity contribution in [1.29, 1.82) is 5.26 Å². The van der Waals surface area contributed by atoms with Crippen LogP contribution >= 0.6 is 24.2 Å². The van der Waals surface area contributed by atoms with Crippen molar-refractivity contribution in [3.63, 3.8) is 0 Å². The minimum atomic E-state index is -1.33. The Kier molecular flexibility index (Phi) is 17.0. The second-order valence-electron chi connectivity index (χ2n) is 8.72. The van der Waals surface area contributed by atoms with E-state index in [1.807, 2.05) is 45.2 Å². The summed E-state index contributed by atoms with van der Waals surface area (Å²) in [6, 6.07) is 5.50. The molecule has 16 heteroatoms. The van der Waals surface area contributed by atoms with Gasteiger partial charge in [-0.2, -0.15) is 17.0 Å². The third-order valence-corrected chi connectivity index (χ3v) is 8.14. The average Bonchev–Trinajstić information content (AvgIpc) is 3.59. The first-order valence-electron chi connectivity index (χ1n) is 12.6. The molecule has 0 bridgehead atoms. The number of methoxy groups -OCH3 is 2. The molecule has 3 aromatic heterocycles. The number of fused-ring (bicyclic) bond motifs is 1. The number of hydrogen-bond acceptors (Lipinski definition) is 9. The molecule has 0 fully saturated rings. The van der Waals surface area contributed by atoms with Gasteiger partial charge in [0, 0.05) is 54.2 Å². The summed E-state index contributed by atoms with van der Waals surface area (Å²) < 4.78 is 23.3. The molecule has 3 heterocycles. The van der Waals surface area contributed by atoms with Crippen molar-refractivity contribution in [2.45, 2.75) is 37.4 Å². The average molecular weight is 661 g/mol. The third kappa shape index (κ3) is 10.9. The van der Waals surface area contributed by atoms with Crippen LogP contribution in [-0.4, -0.2) is 91.7 Å². The number of aromatic nitrogens is 5. The summed E-state index contributed by atoms with van der Waals surface area (Å²) in [5.41, 5.74) is 6.37. The standard InChI is InChI=1S/C17H19N3O3S.C10H16N6S.ClH.Mg.2H/c1-10-8-18-15(11(2)16(10)23-4)9-24(21)17-19-13-6-5-12(22-3)7-14(13)20-17;1-8-9(16-7-15-8)5-17-4-3-13-10(12-2)14-6-11;;;;/h5-8H,9H2,1-4H3,(H,19,20);7H,3-5H2,1-2H3,(H,15,16)(H2,12,13,14);1H;;;/q;;;+2;2*-1. The number of nitrogens with one attached hydrogen (secondary N) is 4. The minimum absolute atomic E-state index is 0. The van der Waals surface area contributed by atoms with Gasteiger partial charge >= 0.3 is 23.1 Å². The predicted octanol–water partition coefficient (Wildman–Crippen LogP) is 3.76. The van der Waals surface area contributed by atoms with Gasteiger partial charge in [0.05, 0.1) is 59.5 Å². The van der Waals surface area contributed by atoms with E-state index in [9.17, 15) is 4.21 Å². The van der Waals surface area contributed by atoms with E-state index in [1.54, 1.807) is 45.6 Å². The number of nitriles is 1. The molecule has 0 aliphatic rings. The number of rotatable bonds is 10. The summed E-state index contributed by atoms with van der Waals surface area (Å²) in [4.78, 5) is 23.1. The molecule has 0 aliphatic carbocycles. The summed E-state index contributed by atoms with van der Waals surface area (Å²) in [7, 11) is 3.54. The van der Waals surface area contributed by atoms with Crippen molar-refractivity contribution < 1.29 is 16.5 Å². The Bertz CT molecular complexity index is 1570. The van der Waals surface area contributed by atoms with Gasteiger partial charge in [0.25, 0.3) is 0 Å². The Morgan fingerprint density at radius 2 is 1.98 bits per heavy atom. The van der Waals surface area contributed by atoms with Crippen molar-refractivity contribution >= 4 is 75.0 Å². The van der Waals surface area contributed by atoms with Crippen molar-refractivity contribution in [2.75, 3.05) is 33.6 Å². The molecule has 4 aromatic rings. The van der Waals surface area contributed by atoms with Crippen LogP contribution < -0.4 is 20.1 Å². The molecule has 4 N–H and O–H groups in total. The van der Waals surface area contributed by atoms with Crippen molar-refractivity contribution in [2.24, 2.45) is 4.99 Å². The van der Waals surface area contributed by atoms with Crippen molar-refractivity contribution in [3.05, 3.63) is 58.9 Å². The Labute approximate surface area is 283 Å². The van der Waals surface area contributed by atoms with Crippen molar-refractivity contribution in [1.82, 2.24) is 35.6 Å². The Morgan fingerprint density at radius 3 is 2.60 bits per heavy atom. The van der Waals surface area contributed by atoms with Crippen LogP contribution in [0.15, 0.2) is 40.9 Å². The zero-order chi connectivity index (χ0) is 29.8. The first-order valence-corrected chi connectivity index (χ1v) is 15.1. The number of pyridine rings is 1. The molecule has 43 heavy (non-hydrogen) atoms. The molecule has 1 unspecified atom stereocenters. The first kappa shape index (κ1) is 38.0. The second kappa shape index (κ2) is 19.3. The predicted molar refractivity (Wildman–Crippen MR) is 178 cm³/mol. The zero-order valence-corrected chi connectivity index (χ0v) is 29.0. The van der Waals surface area contributed by atoms with Crippen LogP contribution in [0.3, 0.4) is 0 Å². The van der Waals surface area contributed by atoms with E-state index in [0.717, 1.165) is 68.8 Å². The fraction of sp³-hybridized carbons (Fsp3) is 0.370. The Morgan fingerprint density at radius 1 is 1.21 bits per heavy atom. The number of guanidine groups is 1. The van der Waals surface area contributed by atoms with Gasteiger partial charge in [-0.05, 0) is 32.9 Å². The number of halogens is 1. The number of hydrogen-bond donors (Lipinski definition) is 4. The number of benzene rings is 1. The van der Waals surface area contributed by atoms with Gasteiger partial charge in [-0.3, -0.25) is 19.5 Å². The van der Waals surface area contributed by atoms with Gasteiger partial charge in [0.1, 0.15) is 11.5 Å². The van der Waals surface area contributed by atoms with E-state index in [4.69, 9.17) is 14.7 Å². The van der Waals surface area contributed by atoms with E-state index in [0.29, 0.717) is 11.1 Å². The first-order chi connectivity index (χ1) is 19.8. The number of aliphatic imine (C=N–C) groups is 1. The fourth-order valence-corrected chi connectivity index (χ4v) is 5.76. The molecular formula is C27H38ClMgN9O3S2. The number of aryl methyl sites for hydroxylation is 2. The van der Waals surface area contributed by atoms with Crippen LogP contribution in [0.5, 0.6) is 11.5 Å². The zero-order valence-electron chi connectivity index (χ0n) is 27.1. The molecule has 12 nitrogen and oxygen atoms in total. The van der Waals surface area contributed by atoms with Crippen molar-refractivity contribution in [3.8, 4) is 17.7 Å². The molecule has 1 atom stereocenters. The van der Waals surface area contributed by atoms with E-state index in [1.165, 1.54) is 0 Å². The quantitative estimate of drug-likeness (QED) is 0.0492. The molecule has 0 aliphatic heterocycles. The van der Waals surface area contributed by atoms with Gasteiger partial charge in [0.2, 0.25) is 5.96 Å². The number of H-pyrrole nitrogens is 2. The van der Waals surface area contributed by atoms with Gasteiger partial charge < -0.3 is 27.6 Å². The summed E-state index contributed by atoms with van der Waals surface area (Å²) in [5, 5.41) is 14.4. The maximum Gasteiger partial charge on any atom is 2.00 e. The van der Waals surface area contributed by atoms with Gasteiger partial charge in [0.15, 0.2) is 11.3 Å². The van der Waals surface area contributed by atoms with E-state index in [2.05, 4.69) is 40.5 Å². The molecule has 230 valence electrons. The van der Waals surface area contributed by atoms with Crippen LogP contribution in [0.1, 0.15) is 31.1 Å².